The van der Waals surface area contributed by atoms with E-state index in [1.165, 1.54) is 0 Å². The fourth-order valence-electron chi connectivity index (χ4n) is 2.89. The van der Waals surface area contributed by atoms with E-state index in [0.717, 1.165) is 21.3 Å². The number of benzene rings is 1. The minimum atomic E-state index is -0.191. The minimum absolute atomic E-state index is 0.0665. The van der Waals surface area contributed by atoms with Crippen LogP contribution in [0.25, 0.3) is 0 Å². The fourth-order valence-corrected chi connectivity index (χ4v) is 3.15. The van der Waals surface area contributed by atoms with Gasteiger partial charge in [-0.1, -0.05) is 28.1 Å². The molecular formula is C19H17BrN4O2. The van der Waals surface area contributed by atoms with Crippen molar-refractivity contribution in [3.8, 4) is 0 Å². The summed E-state index contributed by atoms with van der Waals surface area (Å²) >= 11 is 3.44. The predicted octanol–water partition coefficient (Wildman–Crippen LogP) is 3.24. The Kier molecular flexibility index (Phi) is 4.81. The van der Waals surface area contributed by atoms with Gasteiger partial charge >= 0.3 is 0 Å². The van der Waals surface area contributed by atoms with Crippen LogP contribution in [0, 0.1) is 0 Å². The highest BCUT2D eigenvalue weighted by molar-refractivity contribution is 9.10. The molecule has 0 unspecified atom stereocenters. The Balaban J connectivity index is 1.43. The highest BCUT2D eigenvalue weighted by Crippen LogP contribution is 2.27. The van der Waals surface area contributed by atoms with Gasteiger partial charge in [0.1, 0.15) is 6.10 Å². The Labute approximate surface area is 159 Å². The first-order chi connectivity index (χ1) is 12.7. The number of aromatic nitrogens is 3. The monoisotopic (exact) mass is 412 g/mol. The van der Waals surface area contributed by atoms with E-state index in [-0.39, 0.29) is 12.0 Å². The van der Waals surface area contributed by atoms with E-state index in [2.05, 4.69) is 31.3 Å². The summed E-state index contributed by atoms with van der Waals surface area (Å²) in [5.74, 6) is -0.191. The zero-order valence-corrected chi connectivity index (χ0v) is 15.5. The number of nitrogens with zero attached hydrogens (tertiary/aromatic N) is 3. The standard InChI is InChI=1S/C19H17BrN4O2/c20-15-3-1-14(2-4-15)18-11-24-16(12-26-18)9-17(23-24)19(25)22-10-13-5-7-21-8-6-13/h1-9,18H,10-12H2,(H,22,25)/t18-/m1/s1. The number of rotatable bonds is 4. The lowest BCUT2D eigenvalue weighted by Gasteiger charge is -2.24. The predicted molar refractivity (Wildman–Crippen MR) is 99.3 cm³/mol. The summed E-state index contributed by atoms with van der Waals surface area (Å²) in [7, 11) is 0. The van der Waals surface area contributed by atoms with Crippen LogP contribution in [0.5, 0.6) is 0 Å². The molecule has 0 saturated carbocycles. The number of nitrogens with one attached hydrogen (secondary N) is 1. The van der Waals surface area contributed by atoms with Crippen LogP contribution >= 0.6 is 15.9 Å². The fraction of sp³-hybridized carbons (Fsp3) is 0.211. The molecule has 0 fully saturated rings. The molecule has 0 radical (unpaired) electrons. The molecule has 1 aliphatic heterocycles. The van der Waals surface area contributed by atoms with Crippen LogP contribution in [0.15, 0.2) is 59.3 Å². The molecule has 0 bridgehead atoms. The number of halogens is 1. The van der Waals surface area contributed by atoms with Gasteiger partial charge < -0.3 is 10.1 Å². The third kappa shape index (κ3) is 3.68. The second-order valence-corrected chi connectivity index (χ2v) is 7.01. The van der Waals surface area contributed by atoms with Gasteiger partial charge in [0.05, 0.1) is 18.8 Å². The minimum Gasteiger partial charge on any atom is -0.365 e. The molecule has 0 aliphatic carbocycles. The van der Waals surface area contributed by atoms with Gasteiger partial charge in [0.2, 0.25) is 0 Å². The second kappa shape index (κ2) is 7.39. The summed E-state index contributed by atoms with van der Waals surface area (Å²) in [6.45, 7) is 1.47. The number of fused-ring (bicyclic) bond motifs is 1. The molecule has 1 N–H and O–H groups in total. The van der Waals surface area contributed by atoms with E-state index in [1.807, 2.05) is 41.1 Å². The van der Waals surface area contributed by atoms with Crippen molar-refractivity contribution in [3.05, 3.63) is 81.8 Å². The Morgan fingerprint density at radius 2 is 2.00 bits per heavy atom. The maximum absolute atomic E-state index is 12.4. The molecule has 1 amide bonds. The zero-order valence-electron chi connectivity index (χ0n) is 13.9. The molecule has 4 rings (SSSR count). The molecular weight excluding hydrogens is 396 g/mol. The maximum Gasteiger partial charge on any atom is 0.272 e. The second-order valence-electron chi connectivity index (χ2n) is 6.09. The Bertz CT molecular complexity index is 909. The lowest BCUT2D eigenvalue weighted by molar-refractivity contribution is -0.00120. The lowest BCUT2D eigenvalue weighted by Crippen LogP contribution is -2.24. The van der Waals surface area contributed by atoms with Crippen molar-refractivity contribution >= 4 is 21.8 Å². The van der Waals surface area contributed by atoms with Crippen LogP contribution in [0.1, 0.15) is 33.4 Å². The average molecular weight is 413 g/mol. The van der Waals surface area contributed by atoms with Gasteiger partial charge in [0, 0.05) is 23.4 Å². The van der Waals surface area contributed by atoms with Crippen LogP contribution in [-0.2, 0) is 24.4 Å². The molecule has 1 aromatic carbocycles. The van der Waals surface area contributed by atoms with Crippen LogP contribution in [0.4, 0.5) is 0 Å². The zero-order chi connectivity index (χ0) is 17.9. The molecule has 132 valence electrons. The highest BCUT2D eigenvalue weighted by Gasteiger charge is 2.24. The van der Waals surface area contributed by atoms with Crippen molar-refractivity contribution in [2.24, 2.45) is 0 Å². The van der Waals surface area contributed by atoms with E-state index in [1.54, 1.807) is 18.5 Å². The molecule has 6 nitrogen and oxygen atoms in total. The maximum atomic E-state index is 12.4. The van der Waals surface area contributed by atoms with Crippen LogP contribution < -0.4 is 5.32 Å². The summed E-state index contributed by atoms with van der Waals surface area (Å²) in [6.07, 6.45) is 3.34. The molecule has 2 aromatic heterocycles. The number of ether oxygens (including phenoxy) is 1. The van der Waals surface area contributed by atoms with Gasteiger partial charge in [-0.2, -0.15) is 5.10 Å². The number of hydrogen-bond acceptors (Lipinski definition) is 4. The molecule has 3 aromatic rings. The van der Waals surface area contributed by atoms with Crippen molar-refractivity contribution in [2.75, 3.05) is 0 Å². The van der Waals surface area contributed by atoms with E-state index in [4.69, 9.17) is 4.74 Å². The highest BCUT2D eigenvalue weighted by atomic mass is 79.9. The molecule has 1 atom stereocenters. The molecule has 26 heavy (non-hydrogen) atoms. The average Bonchev–Trinajstić information content (AvgIpc) is 3.11. The van der Waals surface area contributed by atoms with Gasteiger partial charge in [0.25, 0.3) is 5.91 Å². The first-order valence-electron chi connectivity index (χ1n) is 8.30. The van der Waals surface area contributed by atoms with Crippen molar-refractivity contribution in [1.29, 1.82) is 0 Å². The SMILES string of the molecule is O=C(NCc1ccncc1)c1cc2n(n1)C[C@H](c1ccc(Br)cc1)OC2. The largest absolute Gasteiger partial charge is 0.365 e. The molecule has 0 spiro atoms. The van der Waals surface area contributed by atoms with Crippen molar-refractivity contribution in [2.45, 2.75) is 25.8 Å². The summed E-state index contributed by atoms with van der Waals surface area (Å²) in [6, 6.07) is 13.6. The van der Waals surface area contributed by atoms with Gasteiger partial charge in [-0.05, 0) is 41.5 Å². The van der Waals surface area contributed by atoms with Crippen LogP contribution in [0.2, 0.25) is 0 Å². The third-order valence-corrected chi connectivity index (χ3v) is 4.84. The normalized spacial score (nSPS) is 16.1. The number of carbonyl (C=O) groups excluding carboxylic acids is 1. The van der Waals surface area contributed by atoms with Crippen molar-refractivity contribution in [3.63, 3.8) is 0 Å². The quantitative estimate of drug-likeness (QED) is 0.713. The van der Waals surface area contributed by atoms with Gasteiger partial charge in [0.15, 0.2) is 5.69 Å². The summed E-state index contributed by atoms with van der Waals surface area (Å²) < 4.78 is 8.83. The van der Waals surface area contributed by atoms with E-state index in [0.29, 0.717) is 25.4 Å². The molecule has 0 saturated heterocycles. The smallest absolute Gasteiger partial charge is 0.272 e. The first kappa shape index (κ1) is 16.9. The van der Waals surface area contributed by atoms with Gasteiger partial charge in [-0.3, -0.25) is 14.5 Å². The van der Waals surface area contributed by atoms with E-state index >= 15 is 0 Å². The number of amides is 1. The molecule has 7 heteroatoms. The lowest BCUT2D eigenvalue weighted by atomic mass is 10.1. The molecule has 1 aliphatic rings. The summed E-state index contributed by atoms with van der Waals surface area (Å²) in [4.78, 5) is 16.3. The number of pyridine rings is 1. The molecule has 3 heterocycles. The Morgan fingerprint density at radius 1 is 1.23 bits per heavy atom. The van der Waals surface area contributed by atoms with Gasteiger partial charge in [-0.25, -0.2) is 0 Å². The van der Waals surface area contributed by atoms with Crippen molar-refractivity contribution in [1.82, 2.24) is 20.1 Å². The number of carbonyl (C=O) groups is 1. The Hall–Kier alpha value is -2.51. The summed E-state index contributed by atoms with van der Waals surface area (Å²) in [5, 5.41) is 7.34. The van der Waals surface area contributed by atoms with Crippen LogP contribution in [-0.4, -0.2) is 20.7 Å². The third-order valence-electron chi connectivity index (χ3n) is 4.31. The summed E-state index contributed by atoms with van der Waals surface area (Å²) in [5.41, 5.74) is 3.41. The number of hydrogen-bond donors (Lipinski definition) is 1. The topological polar surface area (TPSA) is 69.0 Å². The van der Waals surface area contributed by atoms with E-state index < -0.39 is 0 Å². The first-order valence-corrected chi connectivity index (χ1v) is 9.09. The van der Waals surface area contributed by atoms with E-state index in [9.17, 15) is 4.79 Å². The van der Waals surface area contributed by atoms with Crippen LogP contribution in [0.3, 0.4) is 0 Å². The van der Waals surface area contributed by atoms with Crippen molar-refractivity contribution < 1.29 is 9.53 Å². The van der Waals surface area contributed by atoms with Gasteiger partial charge in [-0.15, -0.1) is 0 Å². The Morgan fingerprint density at radius 3 is 2.77 bits per heavy atom.